The van der Waals surface area contributed by atoms with Crippen molar-refractivity contribution in [1.82, 2.24) is 19.7 Å². The summed E-state index contributed by atoms with van der Waals surface area (Å²) in [5, 5.41) is 10.1. The van der Waals surface area contributed by atoms with Crippen LogP contribution in [-0.4, -0.2) is 38.3 Å². The second-order valence-electron chi connectivity index (χ2n) is 7.20. The molecule has 5 rings (SSSR count). The van der Waals surface area contributed by atoms with Crippen molar-refractivity contribution in [1.29, 1.82) is 0 Å². The number of carbonyl (C=O) groups is 1. The number of amides is 1. The molecule has 28 heavy (non-hydrogen) atoms. The Kier molecular flexibility index (Phi) is 3.88. The molecule has 1 aromatic carbocycles. The maximum absolute atomic E-state index is 13.2. The molecule has 2 atom stereocenters. The number of rotatable bonds is 4. The van der Waals surface area contributed by atoms with Gasteiger partial charge < -0.3 is 19.7 Å². The van der Waals surface area contributed by atoms with Crippen LogP contribution < -0.4 is 10.6 Å². The van der Waals surface area contributed by atoms with Crippen molar-refractivity contribution in [2.75, 3.05) is 17.2 Å². The SMILES string of the molecule is Cc1ccc(-c2noc([C@H]3C[C@@H]3F)n2)cc1NC(=O)c1cnc2n1CCCN2. The third kappa shape index (κ3) is 2.92. The molecule has 2 N–H and O–H groups in total. The maximum Gasteiger partial charge on any atom is 0.274 e. The van der Waals surface area contributed by atoms with E-state index >= 15 is 0 Å². The smallest absolute Gasteiger partial charge is 0.274 e. The Morgan fingerprint density at radius 1 is 1.43 bits per heavy atom. The monoisotopic (exact) mass is 382 g/mol. The summed E-state index contributed by atoms with van der Waals surface area (Å²) in [6.45, 7) is 3.52. The van der Waals surface area contributed by atoms with E-state index in [1.807, 2.05) is 23.6 Å². The first-order valence-electron chi connectivity index (χ1n) is 9.29. The van der Waals surface area contributed by atoms with Gasteiger partial charge in [-0.25, -0.2) is 9.37 Å². The predicted octanol–water partition coefficient (Wildman–Crippen LogP) is 3.13. The van der Waals surface area contributed by atoms with E-state index < -0.39 is 6.17 Å². The summed E-state index contributed by atoms with van der Waals surface area (Å²) in [6, 6.07) is 5.53. The first kappa shape index (κ1) is 16.9. The summed E-state index contributed by atoms with van der Waals surface area (Å²) in [4.78, 5) is 21.4. The first-order valence-corrected chi connectivity index (χ1v) is 9.29. The zero-order valence-electron chi connectivity index (χ0n) is 15.3. The fourth-order valence-electron chi connectivity index (χ4n) is 3.37. The predicted molar refractivity (Wildman–Crippen MR) is 100 cm³/mol. The zero-order chi connectivity index (χ0) is 19.3. The van der Waals surface area contributed by atoms with E-state index in [-0.39, 0.29) is 11.8 Å². The lowest BCUT2D eigenvalue weighted by molar-refractivity contribution is 0.101. The van der Waals surface area contributed by atoms with E-state index in [0.29, 0.717) is 41.0 Å². The summed E-state index contributed by atoms with van der Waals surface area (Å²) in [7, 11) is 0. The number of hydrogen-bond acceptors (Lipinski definition) is 6. The van der Waals surface area contributed by atoms with Crippen LogP contribution in [0.15, 0.2) is 28.9 Å². The fraction of sp³-hybridized carbons (Fsp3) is 0.368. The molecule has 0 bridgehead atoms. The number of anilines is 2. The van der Waals surface area contributed by atoms with Gasteiger partial charge in [0.25, 0.3) is 5.91 Å². The molecule has 2 aliphatic rings. The molecule has 0 radical (unpaired) electrons. The van der Waals surface area contributed by atoms with Crippen LogP contribution in [0.25, 0.3) is 11.4 Å². The Morgan fingerprint density at radius 2 is 2.29 bits per heavy atom. The van der Waals surface area contributed by atoms with E-state index in [4.69, 9.17) is 4.52 Å². The van der Waals surface area contributed by atoms with Gasteiger partial charge in [0.05, 0.1) is 12.1 Å². The van der Waals surface area contributed by atoms with Gasteiger partial charge in [-0.2, -0.15) is 4.98 Å². The Balaban J connectivity index is 1.39. The minimum atomic E-state index is -0.891. The minimum Gasteiger partial charge on any atom is -0.356 e. The number of aromatic nitrogens is 4. The van der Waals surface area contributed by atoms with Crippen molar-refractivity contribution in [3.8, 4) is 11.4 Å². The lowest BCUT2D eigenvalue weighted by atomic mass is 10.1. The number of halogens is 1. The van der Waals surface area contributed by atoms with E-state index in [1.54, 1.807) is 12.3 Å². The van der Waals surface area contributed by atoms with E-state index in [9.17, 15) is 9.18 Å². The molecule has 8 nitrogen and oxygen atoms in total. The molecule has 1 aliphatic carbocycles. The van der Waals surface area contributed by atoms with Gasteiger partial charge in [-0.1, -0.05) is 17.3 Å². The Morgan fingerprint density at radius 3 is 3.11 bits per heavy atom. The number of fused-ring (bicyclic) bond motifs is 1. The molecule has 1 fully saturated rings. The summed E-state index contributed by atoms with van der Waals surface area (Å²) in [5.41, 5.74) is 2.77. The normalized spacial score (nSPS) is 20.4. The first-order chi connectivity index (χ1) is 13.6. The Bertz CT molecular complexity index is 1060. The van der Waals surface area contributed by atoms with Crippen LogP contribution in [0, 0.1) is 6.92 Å². The third-order valence-corrected chi connectivity index (χ3v) is 5.15. The number of nitrogens with zero attached hydrogens (tertiary/aromatic N) is 4. The van der Waals surface area contributed by atoms with E-state index in [2.05, 4.69) is 25.8 Å². The molecular formula is C19H19FN6O2. The molecule has 1 amide bonds. The number of nitrogens with one attached hydrogen (secondary N) is 2. The van der Waals surface area contributed by atoms with Gasteiger partial charge in [0.2, 0.25) is 17.7 Å². The van der Waals surface area contributed by atoms with Crippen molar-refractivity contribution >= 4 is 17.5 Å². The molecule has 2 aromatic heterocycles. The molecule has 3 aromatic rings. The van der Waals surface area contributed by atoms with Crippen LogP contribution in [0.1, 0.15) is 40.7 Å². The van der Waals surface area contributed by atoms with Crippen LogP contribution in [0.3, 0.4) is 0 Å². The van der Waals surface area contributed by atoms with Crippen molar-refractivity contribution < 1.29 is 13.7 Å². The standard InChI is InChI=1S/C19H19FN6O2/c1-10-3-4-11(16-24-18(28-25-16)12-8-13(12)20)7-14(10)23-17(27)15-9-22-19-21-5-2-6-26(15)19/h3-4,7,9,12-13H,2,5-6,8H2,1H3,(H,21,22)(H,23,27)/t12-,13-/m0/s1. The maximum atomic E-state index is 13.2. The van der Waals surface area contributed by atoms with Gasteiger partial charge in [-0.05, 0) is 31.4 Å². The van der Waals surface area contributed by atoms with Crippen molar-refractivity contribution in [3.05, 3.63) is 41.5 Å². The summed E-state index contributed by atoms with van der Waals surface area (Å²) in [5.74, 6) is 0.914. The van der Waals surface area contributed by atoms with Gasteiger partial charge in [0.15, 0.2) is 0 Å². The summed E-state index contributed by atoms with van der Waals surface area (Å²) >= 11 is 0. The van der Waals surface area contributed by atoms with Gasteiger partial charge in [0.1, 0.15) is 11.9 Å². The summed E-state index contributed by atoms with van der Waals surface area (Å²) in [6.07, 6.45) is 2.06. The number of benzene rings is 1. The van der Waals surface area contributed by atoms with Crippen molar-refractivity contribution in [3.63, 3.8) is 0 Å². The molecule has 0 saturated heterocycles. The number of aryl methyl sites for hydroxylation is 1. The highest BCUT2D eigenvalue weighted by Crippen LogP contribution is 2.43. The van der Waals surface area contributed by atoms with Crippen molar-refractivity contribution in [2.24, 2.45) is 0 Å². The zero-order valence-corrected chi connectivity index (χ0v) is 15.3. The molecule has 3 heterocycles. The highest BCUT2D eigenvalue weighted by atomic mass is 19.1. The average Bonchev–Trinajstić information content (AvgIpc) is 3.12. The second kappa shape index (κ2) is 6.43. The average molecular weight is 382 g/mol. The molecular weight excluding hydrogens is 363 g/mol. The van der Waals surface area contributed by atoms with Crippen molar-refractivity contribution in [2.45, 2.75) is 38.4 Å². The van der Waals surface area contributed by atoms with Gasteiger partial charge in [-0.3, -0.25) is 4.79 Å². The van der Waals surface area contributed by atoms with E-state index in [1.165, 1.54) is 0 Å². The van der Waals surface area contributed by atoms with Gasteiger partial charge in [0, 0.05) is 24.3 Å². The highest BCUT2D eigenvalue weighted by molar-refractivity contribution is 6.04. The Hall–Kier alpha value is -3.23. The quantitative estimate of drug-likeness (QED) is 0.719. The lowest BCUT2D eigenvalue weighted by Crippen LogP contribution is -2.23. The molecule has 0 unspecified atom stereocenters. The largest absolute Gasteiger partial charge is 0.356 e. The fourth-order valence-corrected chi connectivity index (χ4v) is 3.37. The lowest BCUT2D eigenvalue weighted by Gasteiger charge is -2.17. The number of hydrogen-bond donors (Lipinski definition) is 2. The molecule has 144 valence electrons. The minimum absolute atomic E-state index is 0.227. The topological polar surface area (TPSA) is 97.9 Å². The molecule has 9 heteroatoms. The summed E-state index contributed by atoms with van der Waals surface area (Å²) < 4.78 is 20.3. The van der Waals surface area contributed by atoms with Crippen LogP contribution in [-0.2, 0) is 6.54 Å². The number of alkyl halides is 1. The van der Waals surface area contributed by atoms with Gasteiger partial charge in [-0.15, -0.1) is 0 Å². The van der Waals surface area contributed by atoms with Crippen LogP contribution in [0.5, 0.6) is 0 Å². The highest BCUT2D eigenvalue weighted by Gasteiger charge is 2.43. The molecule has 1 aliphatic heterocycles. The van der Waals surface area contributed by atoms with Crippen LogP contribution in [0.4, 0.5) is 16.0 Å². The third-order valence-electron chi connectivity index (χ3n) is 5.15. The van der Waals surface area contributed by atoms with Crippen LogP contribution in [0.2, 0.25) is 0 Å². The van der Waals surface area contributed by atoms with Crippen LogP contribution >= 0.6 is 0 Å². The second-order valence-corrected chi connectivity index (χ2v) is 7.20. The van der Waals surface area contributed by atoms with E-state index in [0.717, 1.165) is 25.1 Å². The Labute approximate surface area is 160 Å². The molecule has 1 saturated carbocycles. The number of carbonyl (C=O) groups excluding carboxylic acids is 1. The van der Waals surface area contributed by atoms with Gasteiger partial charge >= 0.3 is 0 Å². The number of imidazole rings is 1. The molecule has 0 spiro atoms.